The van der Waals surface area contributed by atoms with Crippen molar-refractivity contribution < 1.29 is 14.4 Å². The van der Waals surface area contributed by atoms with Gasteiger partial charge in [0.25, 0.3) is 11.8 Å². The highest BCUT2D eigenvalue weighted by Crippen LogP contribution is 2.22. The van der Waals surface area contributed by atoms with Crippen molar-refractivity contribution in [2.24, 2.45) is 0 Å². The van der Waals surface area contributed by atoms with Gasteiger partial charge in [0.2, 0.25) is 5.91 Å². The minimum Gasteiger partial charge on any atom is -0.349 e. The third-order valence-corrected chi connectivity index (χ3v) is 6.96. The number of nitrogens with one attached hydrogen (secondary N) is 2. The Balaban J connectivity index is 1.42. The average molecular weight is 496 g/mol. The molecule has 6 nitrogen and oxygen atoms in total. The molecule has 3 aromatic rings. The standard InChI is InChI=1S/C26H26ClN3O3S/c27-23-14-13-22(34-23)26(33)28-17-20(16-18-6-2-1-3-7-18)29-25(32)19-9-11-21(12-10-19)30-15-5-4-8-24(30)31/h1-3,6-7,9-14,20H,4-5,8,15-17H2,(H,28,33)(H,29,32). The topological polar surface area (TPSA) is 78.5 Å². The largest absolute Gasteiger partial charge is 0.349 e. The van der Waals surface area contributed by atoms with Crippen LogP contribution in [0.1, 0.15) is 44.9 Å². The third-order valence-electron chi connectivity index (χ3n) is 5.73. The zero-order chi connectivity index (χ0) is 23.9. The second-order valence-electron chi connectivity index (χ2n) is 8.22. The van der Waals surface area contributed by atoms with Crippen molar-refractivity contribution in [3.63, 3.8) is 0 Å². The Kier molecular flexibility index (Phi) is 7.98. The van der Waals surface area contributed by atoms with Gasteiger partial charge in [-0.2, -0.15) is 0 Å². The van der Waals surface area contributed by atoms with E-state index >= 15 is 0 Å². The molecule has 34 heavy (non-hydrogen) atoms. The highest BCUT2D eigenvalue weighted by Gasteiger charge is 2.21. The Bertz CT molecular complexity index is 1150. The van der Waals surface area contributed by atoms with E-state index in [-0.39, 0.29) is 30.3 Å². The predicted molar refractivity (Wildman–Crippen MR) is 136 cm³/mol. The van der Waals surface area contributed by atoms with Crippen molar-refractivity contribution in [3.05, 3.63) is 87.1 Å². The van der Waals surface area contributed by atoms with Crippen molar-refractivity contribution >= 4 is 46.3 Å². The first-order chi connectivity index (χ1) is 16.5. The molecule has 0 saturated carbocycles. The molecule has 2 aromatic carbocycles. The van der Waals surface area contributed by atoms with Crippen LogP contribution in [-0.4, -0.2) is 36.9 Å². The molecule has 2 N–H and O–H groups in total. The van der Waals surface area contributed by atoms with Gasteiger partial charge >= 0.3 is 0 Å². The summed E-state index contributed by atoms with van der Waals surface area (Å²) in [6, 6.07) is 20.0. The van der Waals surface area contributed by atoms with Gasteiger partial charge in [-0.25, -0.2) is 0 Å². The van der Waals surface area contributed by atoms with Crippen LogP contribution in [0.2, 0.25) is 4.34 Å². The Hall–Kier alpha value is -3.16. The predicted octanol–water partition coefficient (Wildman–Crippen LogP) is 4.69. The lowest BCUT2D eigenvalue weighted by Crippen LogP contribution is -2.45. The third kappa shape index (κ3) is 6.24. The van der Waals surface area contributed by atoms with Crippen LogP contribution in [0.15, 0.2) is 66.7 Å². The van der Waals surface area contributed by atoms with E-state index in [2.05, 4.69) is 10.6 Å². The molecule has 1 aromatic heterocycles. The van der Waals surface area contributed by atoms with Gasteiger partial charge in [0.05, 0.1) is 15.3 Å². The number of rotatable bonds is 8. The molecule has 1 aliphatic rings. The Morgan fingerprint density at radius 3 is 2.41 bits per heavy atom. The van der Waals surface area contributed by atoms with Gasteiger partial charge < -0.3 is 15.5 Å². The first kappa shape index (κ1) is 24.0. The molecule has 8 heteroatoms. The van der Waals surface area contributed by atoms with Gasteiger partial charge in [0, 0.05) is 30.8 Å². The molecule has 1 unspecified atom stereocenters. The Labute approximate surface area is 207 Å². The summed E-state index contributed by atoms with van der Waals surface area (Å²) in [7, 11) is 0. The van der Waals surface area contributed by atoms with Crippen molar-refractivity contribution in [2.75, 3.05) is 18.0 Å². The number of amides is 3. The Morgan fingerprint density at radius 1 is 0.971 bits per heavy atom. The lowest BCUT2D eigenvalue weighted by molar-refractivity contribution is -0.119. The SMILES string of the molecule is O=C(NC(CNC(=O)c1ccc(Cl)s1)Cc1ccccc1)c1ccc(N2CCCCC2=O)cc1. The lowest BCUT2D eigenvalue weighted by atomic mass is 10.0. The molecule has 0 aliphatic carbocycles. The van der Waals surface area contributed by atoms with Crippen LogP contribution >= 0.6 is 22.9 Å². The van der Waals surface area contributed by atoms with E-state index in [1.54, 1.807) is 29.2 Å². The minimum atomic E-state index is -0.308. The smallest absolute Gasteiger partial charge is 0.261 e. The summed E-state index contributed by atoms with van der Waals surface area (Å²) in [5, 5.41) is 5.95. The van der Waals surface area contributed by atoms with Gasteiger partial charge in [-0.3, -0.25) is 14.4 Å². The fourth-order valence-electron chi connectivity index (χ4n) is 3.95. The fourth-order valence-corrected chi connectivity index (χ4v) is 4.91. The minimum absolute atomic E-state index is 0.120. The summed E-state index contributed by atoms with van der Waals surface area (Å²) in [5.41, 5.74) is 2.37. The monoisotopic (exact) mass is 495 g/mol. The fraction of sp³-hybridized carbons (Fsp3) is 0.269. The highest BCUT2D eigenvalue weighted by atomic mass is 35.5. The van der Waals surface area contributed by atoms with E-state index < -0.39 is 0 Å². The maximum Gasteiger partial charge on any atom is 0.261 e. The van der Waals surface area contributed by atoms with Crippen LogP contribution in [0, 0.1) is 0 Å². The number of hydrogen-bond acceptors (Lipinski definition) is 4. The van der Waals surface area contributed by atoms with E-state index in [1.807, 2.05) is 42.5 Å². The number of piperidine rings is 1. The van der Waals surface area contributed by atoms with E-state index in [9.17, 15) is 14.4 Å². The van der Waals surface area contributed by atoms with E-state index in [4.69, 9.17) is 11.6 Å². The quantitative estimate of drug-likeness (QED) is 0.476. The summed E-state index contributed by atoms with van der Waals surface area (Å²) < 4.78 is 0.550. The number of hydrogen-bond donors (Lipinski definition) is 2. The van der Waals surface area contributed by atoms with Crippen LogP contribution in [0.5, 0.6) is 0 Å². The number of anilines is 1. The summed E-state index contributed by atoms with van der Waals surface area (Å²) in [5.74, 6) is -0.334. The molecular formula is C26H26ClN3O3S. The molecule has 1 atom stereocenters. The van der Waals surface area contributed by atoms with E-state index in [0.717, 1.165) is 24.1 Å². The van der Waals surface area contributed by atoms with Crippen molar-refractivity contribution in [3.8, 4) is 0 Å². The maximum atomic E-state index is 13.0. The summed E-state index contributed by atoms with van der Waals surface area (Å²) >= 11 is 7.15. The van der Waals surface area contributed by atoms with Crippen LogP contribution < -0.4 is 15.5 Å². The first-order valence-electron chi connectivity index (χ1n) is 11.3. The Morgan fingerprint density at radius 2 is 1.74 bits per heavy atom. The maximum absolute atomic E-state index is 13.0. The molecule has 0 radical (unpaired) electrons. The zero-order valence-corrected chi connectivity index (χ0v) is 20.2. The molecule has 1 saturated heterocycles. The number of carbonyl (C=O) groups is 3. The first-order valence-corrected chi connectivity index (χ1v) is 12.5. The van der Waals surface area contributed by atoms with Crippen molar-refractivity contribution in [2.45, 2.75) is 31.7 Å². The van der Waals surface area contributed by atoms with Gasteiger partial charge in [-0.05, 0) is 61.2 Å². The second-order valence-corrected chi connectivity index (χ2v) is 9.94. The van der Waals surface area contributed by atoms with Crippen molar-refractivity contribution in [1.82, 2.24) is 10.6 Å². The molecule has 4 rings (SSSR count). The average Bonchev–Trinajstić information content (AvgIpc) is 3.30. The molecular weight excluding hydrogens is 470 g/mol. The van der Waals surface area contributed by atoms with Gasteiger partial charge in [0.1, 0.15) is 0 Å². The van der Waals surface area contributed by atoms with E-state index in [1.165, 1.54) is 11.3 Å². The zero-order valence-electron chi connectivity index (χ0n) is 18.6. The van der Waals surface area contributed by atoms with Crippen LogP contribution in [0.3, 0.4) is 0 Å². The molecule has 1 aliphatic heterocycles. The number of nitrogens with zero attached hydrogens (tertiary/aromatic N) is 1. The molecule has 2 heterocycles. The molecule has 1 fully saturated rings. The molecule has 3 amide bonds. The van der Waals surface area contributed by atoms with Crippen LogP contribution in [0.4, 0.5) is 5.69 Å². The number of benzene rings is 2. The van der Waals surface area contributed by atoms with Gasteiger partial charge in [-0.1, -0.05) is 41.9 Å². The summed E-state index contributed by atoms with van der Waals surface area (Å²) in [6.07, 6.45) is 3.04. The van der Waals surface area contributed by atoms with Gasteiger partial charge in [0.15, 0.2) is 0 Å². The van der Waals surface area contributed by atoms with Crippen LogP contribution in [-0.2, 0) is 11.2 Å². The van der Waals surface area contributed by atoms with Crippen molar-refractivity contribution in [1.29, 1.82) is 0 Å². The second kappa shape index (κ2) is 11.3. The number of thiophene rings is 1. The number of carbonyl (C=O) groups excluding carboxylic acids is 3. The number of halogens is 1. The van der Waals surface area contributed by atoms with Crippen LogP contribution in [0.25, 0.3) is 0 Å². The molecule has 176 valence electrons. The summed E-state index contributed by atoms with van der Waals surface area (Å²) in [6.45, 7) is 0.980. The summed E-state index contributed by atoms with van der Waals surface area (Å²) in [4.78, 5) is 39.9. The molecule has 0 bridgehead atoms. The molecule has 0 spiro atoms. The van der Waals surface area contributed by atoms with Gasteiger partial charge in [-0.15, -0.1) is 11.3 Å². The van der Waals surface area contributed by atoms with E-state index in [0.29, 0.717) is 34.2 Å². The lowest BCUT2D eigenvalue weighted by Gasteiger charge is -2.27. The highest BCUT2D eigenvalue weighted by molar-refractivity contribution is 7.18. The normalized spacial score (nSPS) is 14.5.